The Balaban J connectivity index is 1.48. The van der Waals surface area contributed by atoms with Gasteiger partial charge in [-0.05, 0) is 104 Å². The van der Waals surface area contributed by atoms with Gasteiger partial charge >= 0.3 is 18.3 Å². The summed E-state index contributed by atoms with van der Waals surface area (Å²) in [6.45, 7) is 3.61. The highest BCUT2D eigenvalue weighted by Crippen LogP contribution is 2.38. The van der Waals surface area contributed by atoms with Crippen molar-refractivity contribution in [3.05, 3.63) is 76.0 Å². The second-order valence-corrected chi connectivity index (χ2v) is 12.5. The Morgan fingerprint density at radius 1 is 0.913 bits per heavy atom. The van der Waals surface area contributed by atoms with Gasteiger partial charge in [0.2, 0.25) is 0 Å². The van der Waals surface area contributed by atoms with Crippen molar-refractivity contribution in [3.8, 4) is 0 Å². The highest BCUT2D eigenvalue weighted by Gasteiger charge is 2.37. The van der Waals surface area contributed by atoms with Crippen molar-refractivity contribution >= 4 is 17.5 Å². The second-order valence-electron chi connectivity index (χ2n) is 12.5. The van der Waals surface area contributed by atoms with E-state index in [1.807, 2.05) is 0 Å². The van der Waals surface area contributed by atoms with E-state index in [-0.39, 0.29) is 36.6 Å². The number of methoxy groups -OCH3 is 1. The van der Waals surface area contributed by atoms with Crippen molar-refractivity contribution in [2.75, 3.05) is 30.0 Å². The molecule has 0 aliphatic heterocycles. The number of esters is 1. The smallest absolute Gasteiger partial charge is 0.416 e. The minimum Gasteiger partial charge on any atom is -0.469 e. The van der Waals surface area contributed by atoms with Gasteiger partial charge in [-0.1, -0.05) is 6.07 Å². The molecule has 46 heavy (non-hydrogen) atoms. The highest BCUT2D eigenvalue weighted by molar-refractivity contribution is 5.72. The van der Waals surface area contributed by atoms with Crippen molar-refractivity contribution in [3.63, 3.8) is 0 Å². The minimum absolute atomic E-state index is 0.0764. The van der Waals surface area contributed by atoms with Gasteiger partial charge in [-0.25, -0.2) is 0 Å². The molecule has 0 bridgehead atoms. The van der Waals surface area contributed by atoms with E-state index in [4.69, 9.17) is 4.74 Å². The van der Waals surface area contributed by atoms with Gasteiger partial charge < -0.3 is 14.5 Å². The molecule has 0 N–H and O–H groups in total. The van der Waals surface area contributed by atoms with Gasteiger partial charge in [-0.15, -0.1) is 0 Å². The van der Waals surface area contributed by atoms with Crippen LogP contribution in [0.1, 0.15) is 72.4 Å². The second kappa shape index (κ2) is 13.6. The number of carbonyl (C=O) groups excluding carboxylic acids is 1. The topological polar surface area (TPSA) is 50.6 Å². The molecule has 5 rings (SSSR count). The first-order valence-corrected chi connectivity index (χ1v) is 15.8. The van der Waals surface area contributed by atoms with Gasteiger partial charge in [0.1, 0.15) is 0 Å². The molecule has 1 saturated carbocycles. The number of aromatic nitrogens is 2. The summed E-state index contributed by atoms with van der Waals surface area (Å²) in [7, 11) is 3.13. The molecule has 0 amide bonds. The Labute approximate surface area is 265 Å². The molecule has 2 aromatic carbocycles. The van der Waals surface area contributed by atoms with Crippen LogP contribution in [0.15, 0.2) is 42.6 Å². The van der Waals surface area contributed by atoms with Crippen molar-refractivity contribution in [1.29, 1.82) is 0 Å². The molecular formula is C34H40F6N4O2. The Morgan fingerprint density at radius 2 is 1.54 bits per heavy atom. The maximum absolute atomic E-state index is 13.7. The van der Waals surface area contributed by atoms with E-state index in [1.54, 1.807) is 28.9 Å². The lowest BCUT2D eigenvalue weighted by Crippen LogP contribution is -2.34. The third-order valence-electron chi connectivity index (χ3n) is 9.28. The number of ether oxygens (including phenoxy) is 1. The van der Waals surface area contributed by atoms with Crippen molar-refractivity contribution < 1.29 is 35.9 Å². The Kier molecular flexibility index (Phi) is 9.93. The van der Waals surface area contributed by atoms with Crippen LogP contribution in [0.3, 0.4) is 0 Å². The van der Waals surface area contributed by atoms with Crippen molar-refractivity contribution in [2.45, 2.75) is 77.3 Å². The van der Waals surface area contributed by atoms with Crippen LogP contribution in [0, 0.1) is 11.8 Å². The summed E-state index contributed by atoms with van der Waals surface area (Å²) in [6.07, 6.45) is -1.93. The van der Waals surface area contributed by atoms with Gasteiger partial charge in [0.25, 0.3) is 0 Å². The SMILES string of the molecule is CCN(CC1CCC(C(=O)OC)CC1)c1cc2c(cc1CN(Cc1cc(C(F)(F)F)cc(C(F)(F)F)c1)c1ccn(C)n1)CCC2. The monoisotopic (exact) mass is 650 g/mol. The molecule has 1 aromatic heterocycles. The van der Waals surface area contributed by atoms with Gasteiger partial charge in [-0.3, -0.25) is 9.48 Å². The van der Waals surface area contributed by atoms with Crippen molar-refractivity contribution in [2.24, 2.45) is 18.9 Å². The number of hydrogen-bond donors (Lipinski definition) is 0. The maximum Gasteiger partial charge on any atom is 0.416 e. The molecule has 0 atom stereocenters. The Bertz CT molecular complexity index is 1490. The predicted octanol–water partition coefficient (Wildman–Crippen LogP) is 7.96. The number of hydrogen-bond acceptors (Lipinski definition) is 5. The van der Waals surface area contributed by atoms with Crippen molar-refractivity contribution in [1.82, 2.24) is 9.78 Å². The van der Waals surface area contributed by atoms with Crippen LogP contribution in [0.5, 0.6) is 0 Å². The summed E-state index contributed by atoms with van der Waals surface area (Å²) in [6, 6.07) is 7.81. The van der Waals surface area contributed by atoms with Gasteiger partial charge in [0.15, 0.2) is 5.82 Å². The minimum atomic E-state index is -4.93. The van der Waals surface area contributed by atoms with E-state index in [0.717, 1.165) is 81.4 Å². The molecule has 2 aliphatic rings. The molecule has 250 valence electrons. The van der Waals surface area contributed by atoms with Crippen LogP contribution in [0.4, 0.5) is 37.8 Å². The van der Waals surface area contributed by atoms with Gasteiger partial charge in [0.05, 0.1) is 24.2 Å². The largest absolute Gasteiger partial charge is 0.469 e. The molecular weight excluding hydrogens is 610 g/mol. The summed E-state index contributed by atoms with van der Waals surface area (Å²) in [5, 5.41) is 4.48. The average molecular weight is 651 g/mol. The first-order valence-electron chi connectivity index (χ1n) is 15.8. The zero-order valence-electron chi connectivity index (χ0n) is 26.3. The number of carbonyl (C=O) groups is 1. The maximum atomic E-state index is 13.7. The molecule has 2 aliphatic carbocycles. The van der Waals surface area contributed by atoms with E-state index in [1.165, 1.54) is 18.2 Å². The van der Waals surface area contributed by atoms with E-state index in [0.29, 0.717) is 11.7 Å². The fourth-order valence-electron chi connectivity index (χ4n) is 6.87. The molecule has 3 aromatic rings. The average Bonchev–Trinajstić information content (AvgIpc) is 3.66. The Hall–Kier alpha value is -3.70. The van der Waals surface area contributed by atoms with Gasteiger partial charge in [0, 0.05) is 51.2 Å². The summed E-state index contributed by atoms with van der Waals surface area (Å²) < 4.78 is 88.7. The lowest BCUT2D eigenvalue weighted by atomic mass is 9.81. The van der Waals surface area contributed by atoms with E-state index in [2.05, 4.69) is 29.1 Å². The summed E-state index contributed by atoms with van der Waals surface area (Å²) in [5.74, 6) is 0.584. The fourth-order valence-corrected chi connectivity index (χ4v) is 6.87. The van der Waals surface area contributed by atoms with Crippen LogP contribution in [-0.2, 0) is 54.9 Å². The first-order chi connectivity index (χ1) is 21.7. The van der Waals surface area contributed by atoms with Crippen LogP contribution in [-0.4, -0.2) is 35.9 Å². The molecule has 0 radical (unpaired) electrons. The third kappa shape index (κ3) is 7.81. The molecule has 6 nitrogen and oxygen atoms in total. The molecule has 0 unspecified atom stereocenters. The number of halogens is 6. The number of aryl methyl sites for hydroxylation is 3. The van der Waals surface area contributed by atoms with E-state index >= 15 is 0 Å². The lowest BCUT2D eigenvalue weighted by Gasteiger charge is -2.35. The zero-order valence-corrected chi connectivity index (χ0v) is 26.3. The first kappa shape index (κ1) is 33.7. The summed E-state index contributed by atoms with van der Waals surface area (Å²) in [4.78, 5) is 16.1. The predicted molar refractivity (Wildman–Crippen MR) is 163 cm³/mol. The Morgan fingerprint density at radius 3 is 2.09 bits per heavy atom. The number of rotatable bonds is 10. The molecule has 12 heteroatoms. The number of benzene rings is 2. The summed E-state index contributed by atoms with van der Waals surface area (Å²) in [5.41, 5.74) is 1.66. The normalized spacial score (nSPS) is 18.4. The standard InChI is InChI=1S/C34H40F6N4O2/c1-4-43(19-22-8-10-24(11-9-22)32(45)46-3)30-17-26-7-5-6-25(26)16-27(30)21-44(31-12-13-42(2)41-31)20-23-14-28(33(35,36)37)18-29(15-23)34(38,39)40/h12-18,22,24H,4-11,19-21H2,1-3H3. The number of fused-ring (bicyclic) bond motifs is 1. The van der Waals surface area contributed by atoms with Crippen LogP contribution < -0.4 is 9.80 Å². The molecule has 1 fully saturated rings. The number of alkyl halides is 6. The van der Waals surface area contributed by atoms with Crippen LogP contribution in [0.2, 0.25) is 0 Å². The third-order valence-corrected chi connectivity index (χ3v) is 9.28. The zero-order chi connectivity index (χ0) is 33.2. The molecule has 0 saturated heterocycles. The van der Waals surface area contributed by atoms with E-state index in [9.17, 15) is 31.1 Å². The lowest BCUT2D eigenvalue weighted by molar-refractivity contribution is -0.147. The van der Waals surface area contributed by atoms with E-state index < -0.39 is 23.5 Å². The number of nitrogens with zero attached hydrogens (tertiary/aromatic N) is 4. The molecule has 1 heterocycles. The molecule has 0 spiro atoms. The fraction of sp³-hybridized carbons (Fsp3) is 0.529. The van der Waals surface area contributed by atoms with Gasteiger partial charge in [-0.2, -0.15) is 31.4 Å². The quantitative estimate of drug-likeness (QED) is 0.165. The number of anilines is 2. The summed E-state index contributed by atoms with van der Waals surface area (Å²) >= 11 is 0. The highest BCUT2D eigenvalue weighted by atomic mass is 19.4. The van der Waals surface area contributed by atoms with Crippen LogP contribution >= 0.6 is 0 Å². The van der Waals surface area contributed by atoms with Crippen LogP contribution in [0.25, 0.3) is 0 Å².